The molecule has 0 bridgehead atoms. The standard InChI is InChI=1S/C17H15N3O2S/c1-2-22-14-9-7-12(8-10-14)16(21)20-17(23)19-15-6-4-3-5-13(15)11-18/h3-10H,2H2,1H3,(H2,19,20,21,23). The second kappa shape index (κ2) is 7.92. The minimum absolute atomic E-state index is 0.131. The summed E-state index contributed by atoms with van der Waals surface area (Å²) < 4.78 is 5.33. The topological polar surface area (TPSA) is 74.2 Å². The summed E-state index contributed by atoms with van der Waals surface area (Å²) in [6.07, 6.45) is 0. The molecule has 6 heteroatoms. The number of thiocarbonyl (C=S) groups is 1. The largest absolute Gasteiger partial charge is 0.494 e. The summed E-state index contributed by atoms with van der Waals surface area (Å²) in [4.78, 5) is 12.1. The number of nitrogens with zero attached hydrogens (tertiary/aromatic N) is 1. The number of rotatable bonds is 4. The van der Waals surface area contributed by atoms with Gasteiger partial charge in [-0.25, -0.2) is 0 Å². The number of nitriles is 1. The zero-order valence-corrected chi connectivity index (χ0v) is 13.3. The van der Waals surface area contributed by atoms with Crippen LogP contribution in [0, 0.1) is 11.3 Å². The number of hydrogen-bond acceptors (Lipinski definition) is 4. The van der Waals surface area contributed by atoms with Gasteiger partial charge in [0.2, 0.25) is 0 Å². The predicted molar refractivity (Wildman–Crippen MR) is 92.5 cm³/mol. The Hall–Kier alpha value is -2.91. The zero-order chi connectivity index (χ0) is 16.7. The maximum atomic E-state index is 12.1. The molecule has 116 valence electrons. The average Bonchev–Trinajstić information content (AvgIpc) is 2.56. The lowest BCUT2D eigenvalue weighted by Crippen LogP contribution is -2.34. The Labute approximate surface area is 139 Å². The van der Waals surface area contributed by atoms with E-state index in [1.165, 1.54) is 0 Å². The molecule has 0 saturated heterocycles. The van der Waals surface area contributed by atoms with E-state index in [9.17, 15) is 4.79 Å². The van der Waals surface area contributed by atoms with Crippen LogP contribution in [0.25, 0.3) is 0 Å². The molecule has 2 aromatic rings. The van der Waals surface area contributed by atoms with Crippen molar-refractivity contribution in [2.24, 2.45) is 0 Å². The van der Waals surface area contributed by atoms with Gasteiger partial charge in [-0.1, -0.05) is 12.1 Å². The van der Waals surface area contributed by atoms with Crippen molar-refractivity contribution in [1.29, 1.82) is 5.26 Å². The molecular formula is C17H15N3O2S. The highest BCUT2D eigenvalue weighted by molar-refractivity contribution is 7.80. The molecule has 0 unspecified atom stereocenters. The smallest absolute Gasteiger partial charge is 0.257 e. The molecule has 5 nitrogen and oxygen atoms in total. The highest BCUT2D eigenvalue weighted by Crippen LogP contribution is 2.14. The summed E-state index contributed by atoms with van der Waals surface area (Å²) in [5, 5.41) is 14.6. The third-order valence-electron chi connectivity index (χ3n) is 2.95. The van der Waals surface area contributed by atoms with E-state index in [4.69, 9.17) is 22.2 Å². The zero-order valence-electron chi connectivity index (χ0n) is 12.5. The fourth-order valence-electron chi connectivity index (χ4n) is 1.89. The molecule has 0 aliphatic carbocycles. The van der Waals surface area contributed by atoms with E-state index in [1.54, 1.807) is 48.5 Å². The third-order valence-corrected chi connectivity index (χ3v) is 3.15. The first-order chi connectivity index (χ1) is 11.1. The van der Waals surface area contributed by atoms with Gasteiger partial charge in [0.1, 0.15) is 11.8 Å². The molecule has 0 aliphatic heterocycles. The van der Waals surface area contributed by atoms with Crippen molar-refractivity contribution in [3.05, 3.63) is 59.7 Å². The van der Waals surface area contributed by atoms with Gasteiger partial charge < -0.3 is 10.1 Å². The lowest BCUT2D eigenvalue weighted by molar-refractivity contribution is 0.0977. The van der Waals surface area contributed by atoms with Gasteiger partial charge in [-0.15, -0.1) is 0 Å². The van der Waals surface area contributed by atoms with Gasteiger partial charge in [0.05, 0.1) is 17.9 Å². The number of nitrogens with one attached hydrogen (secondary N) is 2. The van der Waals surface area contributed by atoms with Gasteiger partial charge in [0.25, 0.3) is 5.91 Å². The van der Waals surface area contributed by atoms with Crippen LogP contribution in [0.1, 0.15) is 22.8 Å². The molecule has 0 saturated carbocycles. The molecule has 2 rings (SSSR count). The van der Waals surface area contributed by atoms with Crippen LogP contribution in [0.15, 0.2) is 48.5 Å². The van der Waals surface area contributed by atoms with Crippen LogP contribution in [0.5, 0.6) is 5.75 Å². The Morgan fingerprint density at radius 3 is 2.57 bits per heavy atom. The highest BCUT2D eigenvalue weighted by Gasteiger charge is 2.09. The molecule has 2 N–H and O–H groups in total. The van der Waals surface area contributed by atoms with Crippen LogP contribution >= 0.6 is 12.2 Å². The fraction of sp³-hybridized carbons (Fsp3) is 0.118. The Kier molecular flexibility index (Phi) is 5.67. The average molecular weight is 325 g/mol. The molecule has 23 heavy (non-hydrogen) atoms. The van der Waals surface area contributed by atoms with Crippen molar-refractivity contribution in [3.8, 4) is 11.8 Å². The minimum Gasteiger partial charge on any atom is -0.494 e. The first-order valence-electron chi connectivity index (χ1n) is 6.98. The first-order valence-corrected chi connectivity index (χ1v) is 7.39. The Bertz CT molecular complexity index is 751. The van der Waals surface area contributed by atoms with Crippen LogP contribution in [0.3, 0.4) is 0 Å². The quantitative estimate of drug-likeness (QED) is 0.845. The van der Waals surface area contributed by atoms with E-state index in [1.807, 2.05) is 6.92 Å². The van der Waals surface area contributed by atoms with E-state index in [0.717, 1.165) is 0 Å². The van der Waals surface area contributed by atoms with E-state index >= 15 is 0 Å². The molecular weight excluding hydrogens is 310 g/mol. The normalized spacial score (nSPS) is 9.57. The molecule has 0 spiro atoms. The van der Waals surface area contributed by atoms with Crippen LogP contribution < -0.4 is 15.4 Å². The van der Waals surface area contributed by atoms with E-state index in [2.05, 4.69) is 16.7 Å². The molecule has 2 aromatic carbocycles. The number of hydrogen-bond donors (Lipinski definition) is 2. The number of benzene rings is 2. The second-order valence-corrected chi connectivity index (χ2v) is 4.93. The van der Waals surface area contributed by atoms with Gasteiger partial charge in [0, 0.05) is 5.56 Å². The Morgan fingerprint density at radius 2 is 1.91 bits per heavy atom. The molecule has 0 heterocycles. The van der Waals surface area contributed by atoms with E-state index in [0.29, 0.717) is 29.2 Å². The lowest BCUT2D eigenvalue weighted by atomic mass is 10.2. The van der Waals surface area contributed by atoms with Crippen LogP contribution in [-0.2, 0) is 0 Å². The van der Waals surface area contributed by atoms with Crippen LogP contribution in [0.2, 0.25) is 0 Å². The monoisotopic (exact) mass is 325 g/mol. The first kappa shape index (κ1) is 16.5. The van der Waals surface area contributed by atoms with Crippen LogP contribution in [-0.4, -0.2) is 17.6 Å². The Morgan fingerprint density at radius 1 is 1.22 bits per heavy atom. The van der Waals surface area contributed by atoms with Gasteiger partial charge in [-0.2, -0.15) is 5.26 Å². The van der Waals surface area contributed by atoms with E-state index in [-0.39, 0.29) is 11.0 Å². The number of ether oxygens (including phenoxy) is 1. The van der Waals surface area contributed by atoms with Crippen molar-refractivity contribution in [2.45, 2.75) is 6.92 Å². The van der Waals surface area contributed by atoms with Crippen molar-refractivity contribution in [2.75, 3.05) is 11.9 Å². The molecule has 0 aliphatic rings. The fourth-order valence-corrected chi connectivity index (χ4v) is 2.09. The summed E-state index contributed by atoms with van der Waals surface area (Å²) in [6.45, 7) is 2.46. The van der Waals surface area contributed by atoms with Crippen molar-refractivity contribution in [3.63, 3.8) is 0 Å². The molecule has 0 aromatic heterocycles. The molecule has 0 atom stereocenters. The van der Waals surface area contributed by atoms with Crippen molar-refractivity contribution in [1.82, 2.24) is 5.32 Å². The number of anilines is 1. The maximum absolute atomic E-state index is 12.1. The number of para-hydroxylation sites is 1. The molecule has 0 fully saturated rings. The summed E-state index contributed by atoms with van der Waals surface area (Å²) in [5.41, 5.74) is 1.46. The van der Waals surface area contributed by atoms with Gasteiger partial charge in [-0.3, -0.25) is 10.1 Å². The van der Waals surface area contributed by atoms with Gasteiger partial charge in [0.15, 0.2) is 5.11 Å². The summed E-state index contributed by atoms with van der Waals surface area (Å²) in [6, 6.07) is 15.7. The van der Waals surface area contributed by atoms with Crippen molar-refractivity contribution >= 4 is 28.9 Å². The lowest BCUT2D eigenvalue weighted by Gasteiger charge is -2.11. The van der Waals surface area contributed by atoms with Gasteiger partial charge >= 0.3 is 0 Å². The summed E-state index contributed by atoms with van der Waals surface area (Å²) in [5.74, 6) is 0.368. The third kappa shape index (κ3) is 4.53. The number of carbonyl (C=O) groups is 1. The van der Waals surface area contributed by atoms with E-state index < -0.39 is 0 Å². The van der Waals surface area contributed by atoms with Crippen LogP contribution in [0.4, 0.5) is 5.69 Å². The number of carbonyl (C=O) groups excluding carboxylic acids is 1. The summed E-state index contributed by atoms with van der Waals surface area (Å²) in [7, 11) is 0. The Balaban J connectivity index is 1.99. The number of amides is 1. The van der Waals surface area contributed by atoms with Gasteiger partial charge in [-0.05, 0) is 55.5 Å². The second-order valence-electron chi connectivity index (χ2n) is 4.52. The SMILES string of the molecule is CCOc1ccc(C(=O)NC(=S)Nc2ccccc2C#N)cc1. The summed E-state index contributed by atoms with van der Waals surface area (Å²) >= 11 is 5.11. The molecule has 1 amide bonds. The van der Waals surface area contributed by atoms with Crippen molar-refractivity contribution < 1.29 is 9.53 Å². The maximum Gasteiger partial charge on any atom is 0.257 e. The molecule has 0 radical (unpaired) electrons. The minimum atomic E-state index is -0.333. The highest BCUT2D eigenvalue weighted by atomic mass is 32.1. The predicted octanol–water partition coefficient (Wildman–Crippen LogP) is 3.08.